The third kappa shape index (κ3) is 3.53. The summed E-state index contributed by atoms with van der Waals surface area (Å²) in [5, 5.41) is 8.35. The standard InChI is InChI=1S/C14H18ClN3S/c1-3-18-14(12(15)9-17-18)13(16-2)10-19-11-7-5-4-6-8-11/h4-9,13,16H,3,10H2,1-2H3. The van der Waals surface area contributed by atoms with E-state index in [1.165, 1.54) is 4.90 Å². The molecule has 1 unspecified atom stereocenters. The highest BCUT2D eigenvalue weighted by atomic mass is 35.5. The molecule has 1 heterocycles. The number of hydrogen-bond donors (Lipinski definition) is 1. The molecule has 0 bridgehead atoms. The summed E-state index contributed by atoms with van der Waals surface area (Å²) in [6.45, 7) is 2.90. The lowest BCUT2D eigenvalue weighted by molar-refractivity contribution is 0.549. The number of hydrogen-bond acceptors (Lipinski definition) is 3. The first-order valence-corrected chi connectivity index (χ1v) is 7.69. The topological polar surface area (TPSA) is 29.9 Å². The average Bonchev–Trinajstić information content (AvgIpc) is 2.82. The average molecular weight is 296 g/mol. The monoisotopic (exact) mass is 295 g/mol. The van der Waals surface area contributed by atoms with Gasteiger partial charge in [-0.2, -0.15) is 5.10 Å². The fourth-order valence-electron chi connectivity index (χ4n) is 1.97. The first kappa shape index (κ1) is 14.4. The van der Waals surface area contributed by atoms with Crippen LogP contribution in [0.3, 0.4) is 0 Å². The molecule has 19 heavy (non-hydrogen) atoms. The number of aryl methyl sites for hydroxylation is 1. The van der Waals surface area contributed by atoms with Crippen molar-refractivity contribution in [2.24, 2.45) is 0 Å². The Kier molecular flexibility index (Phi) is 5.31. The predicted molar refractivity (Wildman–Crippen MR) is 81.9 cm³/mol. The maximum Gasteiger partial charge on any atom is 0.0834 e. The lowest BCUT2D eigenvalue weighted by atomic mass is 10.2. The van der Waals surface area contributed by atoms with Crippen LogP contribution in [-0.4, -0.2) is 22.6 Å². The molecule has 1 aromatic heterocycles. The predicted octanol–water partition coefficient (Wildman–Crippen LogP) is 3.61. The molecular formula is C14H18ClN3S. The third-order valence-electron chi connectivity index (χ3n) is 2.97. The van der Waals surface area contributed by atoms with E-state index in [0.717, 1.165) is 23.0 Å². The summed E-state index contributed by atoms with van der Waals surface area (Å²) < 4.78 is 1.95. The molecule has 1 atom stereocenters. The van der Waals surface area contributed by atoms with Crippen molar-refractivity contribution in [1.29, 1.82) is 0 Å². The van der Waals surface area contributed by atoms with Crippen LogP contribution in [0.4, 0.5) is 0 Å². The van der Waals surface area contributed by atoms with Crippen molar-refractivity contribution in [3.05, 3.63) is 47.2 Å². The molecular weight excluding hydrogens is 278 g/mol. The van der Waals surface area contributed by atoms with Crippen molar-refractivity contribution < 1.29 is 0 Å². The maximum absolute atomic E-state index is 6.25. The fourth-order valence-corrected chi connectivity index (χ4v) is 3.27. The van der Waals surface area contributed by atoms with Crippen molar-refractivity contribution in [3.8, 4) is 0 Å². The van der Waals surface area contributed by atoms with E-state index in [-0.39, 0.29) is 6.04 Å². The van der Waals surface area contributed by atoms with Crippen LogP contribution in [0.15, 0.2) is 41.4 Å². The first-order chi connectivity index (χ1) is 9.26. The summed E-state index contributed by atoms with van der Waals surface area (Å²) in [5.74, 6) is 0.923. The molecule has 0 aliphatic heterocycles. The van der Waals surface area contributed by atoms with Crippen LogP contribution in [0.25, 0.3) is 0 Å². The fraction of sp³-hybridized carbons (Fsp3) is 0.357. The lowest BCUT2D eigenvalue weighted by Gasteiger charge is -2.17. The van der Waals surface area contributed by atoms with E-state index in [1.807, 2.05) is 29.6 Å². The first-order valence-electron chi connectivity index (χ1n) is 6.32. The maximum atomic E-state index is 6.25. The molecule has 0 saturated carbocycles. The van der Waals surface area contributed by atoms with Crippen LogP contribution in [0.1, 0.15) is 18.7 Å². The number of benzene rings is 1. The van der Waals surface area contributed by atoms with Gasteiger partial charge in [-0.25, -0.2) is 0 Å². The molecule has 2 rings (SSSR count). The normalized spacial score (nSPS) is 12.6. The minimum absolute atomic E-state index is 0.195. The molecule has 102 valence electrons. The highest BCUT2D eigenvalue weighted by Gasteiger charge is 2.18. The largest absolute Gasteiger partial charge is 0.311 e. The smallest absolute Gasteiger partial charge is 0.0834 e. The van der Waals surface area contributed by atoms with Crippen molar-refractivity contribution >= 4 is 23.4 Å². The summed E-state index contributed by atoms with van der Waals surface area (Å²) in [4.78, 5) is 1.27. The molecule has 2 aromatic rings. The van der Waals surface area contributed by atoms with Crippen molar-refractivity contribution in [2.75, 3.05) is 12.8 Å². The van der Waals surface area contributed by atoms with Gasteiger partial charge >= 0.3 is 0 Å². The van der Waals surface area contributed by atoms with E-state index in [1.54, 1.807) is 6.20 Å². The summed E-state index contributed by atoms with van der Waals surface area (Å²) in [6, 6.07) is 10.6. The Morgan fingerprint density at radius 3 is 2.74 bits per heavy atom. The van der Waals surface area contributed by atoms with E-state index in [2.05, 4.69) is 41.6 Å². The number of nitrogens with one attached hydrogen (secondary N) is 1. The van der Waals surface area contributed by atoms with Gasteiger partial charge in [-0.05, 0) is 26.1 Å². The second-order valence-corrected chi connectivity index (χ2v) is 5.66. The van der Waals surface area contributed by atoms with Crippen LogP contribution in [0.5, 0.6) is 0 Å². The van der Waals surface area contributed by atoms with Gasteiger partial charge in [0.05, 0.1) is 23.0 Å². The molecule has 0 amide bonds. The number of halogens is 1. The second-order valence-electron chi connectivity index (χ2n) is 4.16. The zero-order valence-electron chi connectivity index (χ0n) is 11.1. The van der Waals surface area contributed by atoms with Gasteiger partial charge in [0.15, 0.2) is 0 Å². The van der Waals surface area contributed by atoms with Crippen LogP contribution < -0.4 is 5.32 Å². The molecule has 0 aliphatic carbocycles. The van der Waals surface area contributed by atoms with Gasteiger partial charge in [0.2, 0.25) is 0 Å². The highest BCUT2D eigenvalue weighted by molar-refractivity contribution is 7.99. The van der Waals surface area contributed by atoms with Gasteiger partial charge in [-0.1, -0.05) is 29.8 Å². The molecule has 5 heteroatoms. The van der Waals surface area contributed by atoms with Crippen molar-refractivity contribution in [2.45, 2.75) is 24.4 Å². The second kappa shape index (κ2) is 6.98. The quantitative estimate of drug-likeness (QED) is 0.826. The lowest BCUT2D eigenvalue weighted by Crippen LogP contribution is -2.22. The van der Waals surface area contributed by atoms with E-state index < -0.39 is 0 Å². The van der Waals surface area contributed by atoms with Gasteiger partial charge in [0, 0.05) is 17.2 Å². The number of aromatic nitrogens is 2. The van der Waals surface area contributed by atoms with E-state index in [4.69, 9.17) is 11.6 Å². The Hall–Kier alpha value is -0.970. The van der Waals surface area contributed by atoms with Gasteiger partial charge in [0.1, 0.15) is 0 Å². The van der Waals surface area contributed by atoms with Gasteiger partial charge < -0.3 is 5.32 Å². The summed E-state index contributed by atoms with van der Waals surface area (Å²) in [6.07, 6.45) is 1.72. The van der Waals surface area contributed by atoms with Crippen molar-refractivity contribution in [3.63, 3.8) is 0 Å². The summed E-state index contributed by atoms with van der Waals surface area (Å²) >= 11 is 8.06. The minimum Gasteiger partial charge on any atom is -0.311 e. The minimum atomic E-state index is 0.195. The van der Waals surface area contributed by atoms with Crippen LogP contribution in [-0.2, 0) is 6.54 Å². The Morgan fingerprint density at radius 2 is 2.11 bits per heavy atom. The third-order valence-corrected chi connectivity index (χ3v) is 4.37. The van der Waals surface area contributed by atoms with Crippen molar-refractivity contribution in [1.82, 2.24) is 15.1 Å². The molecule has 0 fully saturated rings. The summed E-state index contributed by atoms with van der Waals surface area (Å²) in [7, 11) is 1.96. The van der Waals surface area contributed by atoms with Gasteiger partial charge in [0.25, 0.3) is 0 Å². The number of nitrogens with zero attached hydrogens (tertiary/aromatic N) is 2. The zero-order valence-corrected chi connectivity index (χ0v) is 12.7. The van der Waals surface area contributed by atoms with Crippen LogP contribution >= 0.6 is 23.4 Å². The highest BCUT2D eigenvalue weighted by Crippen LogP contribution is 2.28. The summed E-state index contributed by atoms with van der Waals surface area (Å²) in [5.41, 5.74) is 1.06. The Morgan fingerprint density at radius 1 is 1.37 bits per heavy atom. The molecule has 0 saturated heterocycles. The Labute approximate surface area is 123 Å². The molecule has 0 radical (unpaired) electrons. The molecule has 1 N–H and O–H groups in total. The molecule has 0 aliphatic rings. The molecule has 3 nitrogen and oxygen atoms in total. The van der Waals surface area contributed by atoms with E-state index >= 15 is 0 Å². The Balaban J connectivity index is 2.10. The molecule has 0 spiro atoms. The van der Waals surface area contributed by atoms with E-state index in [0.29, 0.717) is 0 Å². The van der Waals surface area contributed by atoms with Gasteiger partial charge in [-0.3, -0.25) is 4.68 Å². The van der Waals surface area contributed by atoms with Crippen LogP contribution in [0.2, 0.25) is 5.02 Å². The number of rotatable bonds is 6. The molecule has 1 aromatic carbocycles. The van der Waals surface area contributed by atoms with E-state index in [9.17, 15) is 0 Å². The van der Waals surface area contributed by atoms with Crippen LogP contribution in [0, 0.1) is 0 Å². The zero-order chi connectivity index (χ0) is 13.7. The Bertz CT molecular complexity index is 513. The number of thioether (sulfide) groups is 1. The van der Waals surface area contributed by atoms with Gasteiger partial charge in [-0.15, -0.1) is 11.8 Å². The SMILES string of the molecule is CCn1ncc(Cl)c1C(CSc1ccccc1)NC.